The van der Waals surface area contributed by atoms with Crippen LogP contribution in [0.5, 0.6) is 0 Å². The number of amides is 1. The summed E-state index contributed by atoms with van der Waals surface area (Å²) in [6.45, 7) is 4.04. The van der Waals surface area contributed by atoms with Crippen LogP contribution >= 0.6 is 0 Å². The quantitative estimate of drug-likeness (QED) is 0.775. The van der Waals surface area contributed by atoms with Crippen molar-refractivity contribution in [3.8, 4) is 0 Å². The maximum atomic E-state index is 11.9. The zero-order valence-electron chi connectivity index (χ0n) is 10.2. The number of nitrogens with two attached hydrogens (primary N) is 1. The molecule has 3 N–H and O–H groups in total. The summed E-state index contributed by atoms with van der Waals surface area (Å²) in [5.74, 6) is 0.0786. The van der Waals surface area contributed by atoms with Crippen LogP contribution in [0.1, 0.15) is 25.8 Å². The van der Waals surface area contributed by atoms with Crippen molar-refractivity contribution in [2.75, 3.05) is 17.2 Å². The average molecular weight is 234 g/mol. The van der Waals surface area contributed by atoms with Crippen molar-refractivity contribution in [1.82, 2.24) is 0 Å². The van der Waals surface area contributed by atoms with Crippen molar-refractivity contribution in [2.45, 2.75) is 32.3 Å². The Kier molecular flexibility index (Phi) is 2.83. The number of nitrogens with zero attached hydrogens (tertiary/aromatic N) is 1. The van der Waals surface area contributed by atoms with Crippen molar-refractivity contribution < 1.29 is 9.90 Å². The lowest BCUT2D eigenvalue weighted by Crippen LogP contribution is -2.33. The van der Waals surface area contributed by atoms with Crippen LogP contribution in [-0.2, 0) is 11.2 Å². The Bertz CT molecular complexity index is 449. The van der Waals surface area contributed by atoms with Gasteiger partial charge < -0.3 is 15.7 Å². The lowest BCUT2D eigenvalue weighted by Gasteiger charge is -2.23. The summed E-state index contributed by atoms with van der Waals surface area (Å²) >= 11 is 0. The fourth-order valence-electron chi connectivity index (χ4n) is 2.03. The van der Waals surface area contributed by atoms with Gasteiger partial charge in [-0.25, -0.2) is 0 Å². The van der Waals surface area contributed by atoms with Crippen LogP contribution in [0, 0.1) is 0 Å². The molecule has 92 valence electrons. The van der Waals surface area contributed by atoms with Crippen LogP contribution in [0.2, 0.25) is 0 Å². The number of carbonyl (C=O) groups is 1. The first kappa shape index (κ1) is 11.9. The third kappa shape index (κ3) is 2.58. The van der Waals surface area contributed by atoms with E-state index in [1.807, 2.05) is 12.1 Å². The lowest BCUT2D eigenvalue weighted by atomic mass is 10.1. The Labute approximate surface area is 101 Å². The van der Waals surface area contributed by atoms with Crippen molar-refractivity contribution in [1.29, 1.82) is 0 Å². The number of fused-ring (bicyclic) bond motifs is 1. The van der Waals surface area contributed by atoms with Crippen LogP contribution in [0.15, 0.2) is 18.2 Å². The summed E-state index contributed by atoms with van der Waals surface area (Å²) in [6.07, 6.45) is 0.967. The number of aliphatic hydroxyl groups is 1. The molecule has 2 rings (SSSR count). The van der Waals surface area contributed by atoms with Crippen molar-refractivity contribution >= 4 is 17.3 Å². The third-order valence-electron chi connectivity index (χ3n) is 2.98. The molecule has 0 unspecified atom stereocenters. The second kappa shape index (κ2) is 4.04. The van der Waals surface area contributed by atoms with Gasteiger partial charge in [-0.15, -0.1) is 0 Å². The van der Waals surface area contributed by atoms with Gasteiger partial charge in [0, 0.05) is 17.9 Å². The molecule has 0 saturated heterocycles. The maximum absolute atomic E-state index is 11.9. The number of benzene rings is 1. The van der Waals surface area contributed by atoms with E-state index in [1.165, 1.54) is 0 Å². The average Bonchev–Trinajstić information content (AvgIpc) is 2.48. The van der Waals surface area contributed by atoms with Gasteiger partial charge in [0.2, 0.25) is 5.91 Å². The van der Waals surface area contributed by atoms with E-state index in [1.54, 1.807) is 24.8 Å². The monoisotopic (exact) mass is 234 g/mol. The van der Waals surface area contributed by atoms with Crippen LogP contribution in [0.25, 0.3) is 0 Å². The summed E-state index contributed by atoms with van der Waals surface area (Å²) in [5, 5.41) is 9.70. The Morgan fingerprint density at radius 1 is 1.47 bits per heavy atom. The minimum absolute atomic E-state index is 0.0786. The van der Waals surface area contributed by atoms with E-state index >= 15 is 0 Å². The molecule has 1 heterocycles. The molecule has 0 aromatic heterocycles. The fourth-order valence-corrected chi connectivity index (χ4v) is 2.03. The zero-order chi connectivity index (χ0) is 12.6. The van der Waals surface area contributed by atoms with Crippen molar-refractivity contribution in [3.63, 3.8) is 0 Å². The highest BCUT2D eigenvalue weighted by Gasteiger charge is 2.28. The Hall–Kier alpha value is -1.55. The Morgan fingerprint density at radius 2 is 2.18 bits per heavy atom. The summed E-state index contributed by atoms with van der Waals surface area (Å²) in [6, 6.07) is 5.52. The zero-order valence-corrected chi connectivity index (χ0v) is 10.2. The standard InChI is InChI=1S/C13H18N2O2/c1-13(2,17)5-6-15-11-4-3-10(14)7-9(11)8-12(15)16/h3-4,7,17H,5-6,8,14H2,1-2H3. The van der Waals surface area contributed by atoms with Gasteiger partial charge in [0.05, 0.1) is 12.0 Å². The van der Waals surface area contributed by atoms with Gasteiger partial charge in [0.25, 0.3) is 0 Å². The Balaban J connectivity index is 2.18. The van der Waals surface area contributed by atoms with Gasteiger partial charge >= 0.3 is 0 Å². The largest absolute Gasteiger partial charge is 0.399 e. The molecule has 0 spiro atoms. The maximum Gasteiger partial charge on any atom is 0.231 e. The van der Waals surface area contributed by atoms with E-state index < -0.39 is 5.60 Å². The molecule has 0 atom stereocenters. The van der Waals surface area contributed by atoms with Crippen molar-refractivity contribution in [3.05, 3.63) is 23.8 Å². The van der Waals surface area contributed by atoms with E-state index in [0.717, 1.165) is 11.3 Å². The second-order valence-corrected chi connectivity index (χ2v) is 5.17. The highest BCUT2D eigenvalue weighted by molar-refractivity contribution is 6.01. The molecule has 0 aliphatic carbocycles. The first-order valence-corrected chi connectivity index (χ1v) is 5.78. The highest BCUT2D eigenvalue weighted by atomic mass is 16.3. The normalized spacial score (nSPS) is 15.2. The number of anilines is 2. The summed E-state index contributed by atoms with van der Waals surface area (Å²) in [5.41, 5.74) is 7.53. The smallest absolute Gasteiger partial charge is 0.231 e. The lowest BCUT2D eigenvalue weighted by molar-refractivity contribution is -0.117. The molecule has 0 bridgehead atoms. The topological polar surface area (TPSA) is 66.6 Å². The molecule has 0 radical (unpaired) electrons. The second-order valence-electron chi connectivity index (χ2n) is 5.17. The number of rotatable bonds is 3. The molecule has 0 saturated carbocycles. The first-order valence-electron chi connectivity index (χ1n) is 5.78. The minimum Gasteiger partial charge on any atom is -0.399 e. The van der Waals surface area contributed by atoms with Crippen LogP contribution < -0.4 is 10.6 Å². The van der Waals surface area contributed by atoms with E-state index in [4.69, 9.17) is 5.73 Å². The number of hydrogen-bond donors (Lipinski definition) is 2. The minimum atomic E-state index is -0.753. The Morgan fingerprint density at radius 3 is 2.82 bits per heavy atom. The number of carbonyl (C=O) groups excluding carboxylic acids is 1. The van der Waals surface area contributed by atoms with Crippen molar-refractivity contribution in [2.24, 2.45) is 0 Å². The summed E-state index contributed by atoms with van der Waals surface area (Å²) < 4.78 is 0. The molecule has 1 aromatic rings. The summed E-state index contributed by atoms with van der Waals surface area (Å²) in [4.78, 5) is 13.6. The number of nitrogen functional groups attached to an aromatic ring is 1. The predicted octanol–water partition coefficient (Wildman–Crippen LogP) is 1.32. The molecule has 0 fully saturated rings. The molecular formula is C13H18N2O2. The molecule has 4 heteroatoms. The molecule has 1 aliphatic rings. The van der Waals surface area contributed by atoms with E-state index in [0.29, 0.717) is 25.1 Å². The van der Waals surface area contributed by atoms with Crippen LogP contribution in [-0.4, -0.2) is 23.2 Å². The van der Waals surface area contributed by atoms with Gasteiger partial charge in [-0.05, 0) is 44.0 Å². The molecule has 4 nitrogen and oxygen atoms in total. The third-order valence-corrected chi connectivity index (χ3v) is 2.98. The molecular weight excluding hydrogens is 216 g/mol. The SMILES string of the molecule is CC(C)(O)CCN1C(=O)Cc2cc(N)ccc21. The van der Waals surface area contributed by atoms with E-state index in [-0.39, 0.29) is 5.91 Å². The molecule has 1 aliphatic heterocycles. The van der Waals surface area contributed by atoms with E-state index in [9.17, 15) is 9.90 Å². The van der Waals surface area contributed by atoms with Gasteiger partial charge in [0.15, 0.2) is 0 Å². The van der Waals surface area contributed by atoms with E-state index in [2.05, 4.69) is 0 Å². The number of hydrogen-bond acceptors (Lipinski definition) is 3. The molecule has 17 heavy (non-hydrogen) atoms. The highest BCUT2D eigenvalue weighted by Crippen LogP contribution is 2.31. The van der Waals surface area contributed by atoms with Gasteiger partial charge in [-0.3, -0.25) is 4.79 Å². The first-order chi connectivity index (χ1) is 7.87. The fraction of sp³-hybridized carbons (Fsp3) is 0.462. The van der Waals surface area contributed by atoms with Gasteiger partial charge in [0.1, 0.15) is 0 Å². The molecule has 1 aromatic carbocycles. The van der Waals surface area contributed by atoms with Crippen LogP contribution in [0.4, 0.5) is 11.4 Å². The summed E-state index contributed by atoms with van der Waals surface area (Å²) in [7, 11) is 0. The van der Waals surface area contributed by atoms with Crippen LogP contribution in [0.3, 0.4) is 0 Å². The van der Waals surface area contributed by atoms with Gasteiger partial charge in [-0.2, -0.15) is 0 Å². The molecule has 1 amide bonds. The van der Waals surface area contributed by atoms with Gasteiger partial charge in [-0.1, -0.05) is 0 Å². The predicted molar refractivity (Wildman–Crippen MR) is 67.8 cm³/mol.